The number of ether oxygens (including phenoxy) is 4. The molecule has 4 aromatic rings. The third-order valence-electron chi connectivity index (χ3n) is 6.59. The summed E-state index contributed by atoms with van der Waals surface area (Å²) in [5.74, 6) is 1.23. The number of hydrogen-bond acceptors (Lipinski definition) is 8. The van der Waals surface area contributed by atoms with E-state index in [2.05, 4.69) is 15.9 Å². The lowest BCUT2D eigenvalue weighted by Crippen LogP contribution is -2.40. The smallest absolute Gasteiger partial charge is 0.338 e. The number of fused-ring (bicyclic) bond motifs is 2. The molecule has 1 aromatic heterocycles. The highest BCUT2D eigenvalue weighted by Gasteiger charge is 2.36. The number of benzene rings is 3. The van der Waals surface area contributed by atoms with Gasteiger partial charge < -0.3 is 18.9 Å². The zero-order valence-corrected chi connectivity index (χ0v) is 24.0. The molecule has 0 spiro atoms. The molecule has 0 N–H and O–H groups in total. The Hall–Kier alpha value is -4.15. The minimum atomic E-state index is -0.830. The second-order valence-corrected chi connectivity index (χ2v) is 10.8. The van der Waals surface area contributed by atoms with Crippen LogP contribution in [0.2, 0.25) is 0 Å². The van der Waals surface area contributed by atoms with E-state index in [9.17, 15) is 9.59 Å². The zero-order valence-electron chi connectivity index (χ0n) is 21.5. The number of esters is 1. The highest BCUT2D eigenvalue weighted by molar-refractivity contribution is 9.10. The number of carbonyl (C=O) groups is 1. The molecule has 0 saturated carbocycles. The standard InChI is InChI=1S/C30H23BrN2O6S/c1-3-37-29(35)25-26(17-9-5-4-6-10-17)32-30-33(27(25)19-11-7-8-12-21(19)36-2)28(34)24(40-30)14-18-13-22-23(15-20(18)31)39-16-38-22/h4-15,27H,3,16H2,1-2H3/b24-14-. The van der Waals surface area contributed by atoms with E-state index < -0.39 is 12.0 Å². The molecule has 0 saturated heterocycles. The fourth-order valence-corrected chi connectivity index (χ4v) is 6.24. The Morgan fingerprint density at radius 1 is 1.12 bits per heavy atom. The van der Waals surface area contributed by atoms with E-state index in [1.165, 1.54) is 11.3 Å². The van der Waals surface area contributed by atoms with Gasteiger partial charge in [0.25, 0.3) is 5.56 Å². The summed E-state index contributed by atoms with van der Waals surface area (Å²) in [4.78, 5) is 33.0. The number of thiazole rings is 1. The maximum absolute atomic E-state index is 14.1. The third-order valence-corrected chi connectivity index (χ3v) is 8.26. The van der Waals surface area contributed by atoms with Crippen LogP contribution in [0.5, 0.6) is 17.2 Å². The summed E-state index contributed by atoms with van der Waals surface area (Å²) in [6.07, 6.45) is 1.78. The van der Waals surface area contributed by atoms with E-state index in [0.29, 0.717) is 37.8 Å². The summed E-state index contributed by atoms with van der Waals surface area (Å²) in [5.41, 5.74) is 2.55. The van der Waals surface area contributed by atoms with Gasteiger partial charge in [0.05, 0.1) is 29.5 Å². The molecule has 3 aromatic carbocycles. The lowest BCUT2D eigenvalue weighted by Gasteiger charge is -2.27. The van der Waals surface area contributed by atoms with E-state index in [1.807, 2.05) is 60.7 Å². The second kappa shape index (κ2) is 10.8. The van der Waals surface area contributed by atoms with Gasteiger partial charge in [-0.2, -0.15) is 0 Å². The van der Waals surface area contributed by atoms with Gasteiger partial charge in [-0.3, -0.25) is 9.36 Å². The van der Waals surface area contributed by atoms with Crippen LogP contribution in [0.4, 0.5) is 0 Å². The Balaban J connectivity index is 1.65. The second-order valence-electron chi connectivity index (χ2n) is 8.90. The lowest BCUT2D eigenvalue weighted by atomic mass is 9.92. The monoisotopic (exact) mass is 618 g/mol. The van der Waals surface area contributed by atoms with E-state index in [-0.39, 0.29) is 24.5 Å². The molecule has 8 nitrogen and oxygen atoms in total. The van der Waals surface area contributed by atoms with Crippen LogP contribution in [0.25, 0.3) is 11.8 Å². The number of rotatable bonds is 6. The van der Waals surface area contributed by atoms with Gasteiger partial charge in [-0.15, -0.1) is 0 Å². The van der Waals surface area contributed by atoms with Gasteiger partial charge >= 0.3 is 5.97 Å². The van der Waals surface area contributed by atoms with Crippen molar-refractivity contribution in [1.82, 2.24) is 4.57 Å². The van der Waals surface area contributed by atoms with Crippen LogP contribution in [0, 0.1) is 0 Å². The van der Waals surface area contributed by atoms with Crippen molar-refractivity contribution >= 4 is 45.0 Å². The first-order chi connectivity index (χ1) is 19.5. The fourth-order valence-electron chi connectivity index (χ4n) is 4.81. The van der Waals surface area contributed by atoms with Crippen molar-refractivity contribution in [3.05, 3.63) is 113 Å². The molecule has 1 atom stereocenters. The van der Waals surface area contributed by atoms with Gasteiger partial charge in [0.1, 0.15) is 11.8 Å². The molecular weight excluding hydrogens is 596 g/mol. The predicted molar refractivity (Wildman–Crippen MR) is 154 cm³/mol. The molecular formula is C30H23BrN2O6S. The highest BCUT2D eigenvalue weighted by atomic mass is 79.9. The predicted octanol–water partition coefficient (Wildman–Crippen LogP) is 4.44. The summed E-state index contributed by atoms with van der Waals surface area (Å²) in [5, 5.41) is 0. The van der Waals surface area contributed by atoms with Crippen LogP contribution in [0.15, 0.2) is 86.6 Å². The highest BCUT2D eigenvalue weighted by Crippen LogP contribution is 2.39. The molecule has 6 rings (SSSR count). The lowest BCUT2D eigenvalue weighted by molar-refractivity contribution is -0.138. The molecule has 0 bridgehead atoms. The Morgan fingerprint density at radius 2 is 1.85 bits per heavy atom. The van der Waals surface area contributed by atoms with Gasteiger partial charge in [0.15, 0.2) is 16.3 Å². The first-order valence-corrected chi connectivity index (χ1v) is 14.1. The van der Waals surface area contributed by atoms with Gasteiger partial charge in [0, 0.05) is 15.6 Å². The summed E-state index contributed by atoms with van der Waals surface area (Å²) in [6.45, 7) is 2.06. The molecule has 0 radical (unpaired) electrons. The number of aromatic nitrogens is 1. The van der Waals surface area contributed by atoms with Crippen LogP contribution in [0.1, 0.15) is 29.7 Å². The molecule has 3 heterocycles. The van der Waals surface area contributed by atoms with Crippen LogP contribution in [-0.2, 0) is 9.53 Å². The molecule has 0 amide bonds. The van der Waals surface area contributed by atoms with Gasteiger partial charge in [0.2, 0.25) is 6.79 Å². The minimum absolute atomic E-state index is 0.144. The maximum Gasteiger partial charge on any atom is 0.338 e. The van der Waals surface area contributed by atoms with Crippen molar-refractivity contribution in [1.29, 1.82) is 0 Å². The average Bonchev–Trinajstić information content (AvgIpc) is 3.56. The number of hydrogen-bond donors (Lipinski definition) is 0. The van der Waals surface area contributed by atoms with Crippen molar-refractivity contribution in [3.8, 4) is 17.2 Å². The molecule has 2 aliphatic rings. The normalized spacial score (nSPS) is 16.0. The molecule has 202 valence electrons. The maximum atomic E-state index is 14.1. The summed E-state index contributed by atoms with van der Waals surface area (Å²) >= 11 is 4.82. The largest absolute Gasteiger partial charge is 0.496 e. The van der Waals surface area contributed by atoms with Crippen molar-refractivity contribution in [2.75, 3.05) is 20.5 Å². The van der Waals surface area contributed by atoms with E-state index in [4.69, 9.17) is 23.9 Å². The van der Waals surface area contributed by atoms with Crippen molar-refractivity contribution in [2.24, 2.45) is 4.99 Å². The van der Waals surface area contributed by atoms with E-state index >= 15 is 0 Å². The first kappa shape index (κ1) is 26.1. The van der Waals surface area contributed by atoms with Crippen molar-refractivity contribution in [2.45, 2.75) is 13.0 Å². The molecule has 2 aliphatic heterocycles. The Kier molecular flexibility index (Phi) is 7.03. The minimum Gasteiger partial charge on any atom is -0.496 e. The van der Waals surface area contributed by atoms with Gasteiger partial charge in [-0.25, -0.2) is 9.79 Å². The Bertz CT molecular complexity index is 1840. The first-order valence-electron chi connectivity index (χ1n) is 12.5. The summed E-state index contributed by atoms with van der Waals surface area (Å²) in [6, 6.07) is 19.6. The van der Waals surface area contributed by atoms with Crippen molar-refractivity contribution < 1.29 is 23.7 Å². The number of halogens is 1. The van der Waals surface area contributed by atoms with Gasteiger partial charge in [-0.05, 0) is 36.8 Å². The number of carbonyl (C=O) groups excluding carboxylic acids is 1. The van der Waals surface area contributed by atoms with Crippen LogP contribution >= 0.6 is 27.3 Å². The number of para-hydroxylation sites is 1. The van der Waals surface area contributed by atoms with E-state index in [1.54, 1.807) is 30.7 Å². The van der Waals surface area contributed by atoms with Crippen LogP contribution in [0.3, 0.4) is 0 Å². The van der Waals surface area contributed by atoms with E-state index in [0.717, 1.165) is 15.6 Å². The topological polar surface area (TPSA) is 88.4 Å². The Morgan fingerprint density at radius 3 is 2.60 bits per heavy atom. The molecule has 1 unspecified atom stereocenters. The third kappa shape index (κ3) is 4.52. The fraction of sp³-hybridized carbons (Fsp3) is 0.167. The molecule has 10 heteroatoms. The van der Waals surface area contributed by atoms with Gasteiger partial charge in [-0.1, -0.05) is 75.8 Å². The SMILES string of the molecule is CCOC(=O)C1=C(c2ccccc2)N=c2s/c(=C\c3cc4c(cc3Br)OCO4)c(=O)n2C1c1ccccc1OC. The zero-order chi connectivity index (χ0) is 27.8. The molecule has 0 aliphatic carbocycles. The molecule has 40 heavy (non-hydrogen) atoms. The average molecular weight is 619 g/mol. The van der Waals surface area contributed by atoms with Crippen molar-refractivity contribution in [3.63, 3.8) is 0 Å². The molecule has 0 fully saturated rings. The Labute approximate surface area is 241 Å². The van der Waals surface area contributed by atoms with Crippen LogP contribution in [-0.4, -0.2) is 31.0 Å². The van der Waals surface area contributed by atoms with Crippen LogP contribution < -0.4 is 29.1 Å². The quantitative estimate of drug-likeness (QED) is 0.297. The summed E-state index contributed by atoms with van der Waals surface area (Å²) in [7, 11) is 1.56. The summed E-state index contributed by atoms with van der Waals surface area (Å²) < 4.78 is 25.0. The number of nitrogens with zero attached hydrogens (tertiary/aromatic N) is 2. The number of methoxy groups -OCH3 is 1.